The van der Waals surface area contributed by atoms with Gasteiger partial charge in [0.1, 0.15) is 23.3 Å². The summed E-state index contributed by atoms with van der Waals surface area (Å²) in [6.45, 7) is 8.49. The van der Waals surface area contributed by atoms with Crippen molar-refractivity contribution >= 4 is 33.9 Å². The summed E-state index contributed by atoms with van der Waals surface area (Å²) in [7, 11) is 0. The Balaban J connectivity index is 1.48. The molecule has 3 heterocycles. The van der Waals surface area contributed by atoms with Crippen LogP contribution in [0.3, 0.4) is 0 Å². The van der Waals surface area contributed by atoms with E-state index in [0.29, 0.717) is 11.8 Å². The molecule has 29 heavy (non-hydrogen) atoms. The lowest BCUT2D eigenvalue weighted by atomic mass is 10.0. The summed E-state index contributed by atoms with van der Waals surface area (Å²) < 4.78 is 11.6. The lowest BCUT2D eigenvalue weighted by Gasteiger charge is -2.40. The predicted molar refractivity (Wildman–Crippen MR) is 116 cm³/mol. The van der Waals surface area contributed by atoms with Gasteiger partial charge in [0, 0.05) is 30.2 Å². The van der Waals surface area contributed by atoms with Gasteiger partial charge < -0.3 is 14.8 Å². The molecule has 7 heteroatoms. The molecule has 0 radical (unpaired) electrons. The Labute approximate surface area is 175 Å². The number of nitrogens with one attached hydrogen (secondary N) is 1. The van der Waals surface area contributed by atoms with E-state index in [1.165, 1.54) is 0 Å². The van der Waals surface area contributed by atoms with E-state index in [1.54, 1.807) is 18.5 Å². The van der Waals surface area contributed by atoms with E-state index in [1.807, 2.05) is 24.3 Å². The van der Waals surface area contributed by atoms with Gasteiger partial charge in [-0.3, -0.25) is 4.90 Å². The fourth-order valence-electron chi connectivity index (χ4n) is 3.45. The van der Waals surface area contributed by atoms with Crippen molar-refractivity contribution in [2.24, 2.45) is 0 Å². The van der Waals surface area contributed by atoms with E-state index in [2.05, 4.69) is 40.1 Å². The lowest BCUT2D eigenvalue weighted by molar-refractivity contribution is -0.0250. The number of benzene rings is 1. The Morgan fingerprint density at radius 3 is 2.72 bits per heavy atom. The quantitative estimate of drug-likeness (QED) is 0.601. The average molecular weight is 413 g/mol. The normalized spacial score (nSPS) is 15.4. The topological polar surface area (TPSA) is 59.5 Å². The molecule has 1 aliphatic rings. The van der Waals surface area contributed by atoms with Gasteiger partial charge >= 0.3 is 0 Å². The highest BCUT2D eigenvalue weighted by Crippen LogP contribution is 2.28. The molecule has 152 valence electrons. The first-order chi connectivity index (χ1) is 14.0. The van der Waals surface area contributed by atoms with Gasteiger partial charge in [-0.15, -0.1) is 0 Å². The van der Waals surface area contributed by atoms with Crippen LogP contribution in [0.1, 0.15) is 13.8 Å². The van der Waals surface area contributed by atoms with Crippen molar-refractivity contribution in [3.63, 3.8) is 0 Å². The number of nitrogens with zero attached hydrogens (tertiary/aromatic N) is 3. The van der Waals surface area contributed by atoms with E-state index >= 15 is 0 Å². The third kappa shape index (κ3) is 4.78. The van der Waals surface area contributed by atoms with Gasteiger partial charge in [0.2, 0.25) is 0 Å². The first kappa shape index (κ1) is 19.9. The van der Waals surface area contributed by atoms with Crippen molar-refractivity contribution in [3.05, 3.63) is 53.9 Å². The maximum absolute atomic E-state index is 6.16. The average Bonchev–Trinajstić information content (AvgIpc) is 2.75. The number of hydrogen-bond acceptors (Lipinski definition) is 6. The molecule has 1 aliphatic heterocycles. The molecule has 1 saturated heterocycles. The Kier molecular flexibility index (Phi) is 5.85. The molecule has 1 N–H and O–H groups in total. The number of fused-ring (bicyclic) bond motifs is 1. The van der Waals surface area contributed by atoms with E-state index < -0.39 is 0 Å². The van der Waals surface area contributed by atoms with E-state index in [4.69, 9.17) is 21.1 Å². The van der Waals surface area contributed by atoms with Crippen LogP contribution in [0, 0.1) is 0 Å². The van der Waals surface area contributed by atoms with Crippen LogP contribution in [0.15, 0.2) is 48.8 Å². The zero-order chi connectivity index (χ0) is 20.3. The molecule has 0 aliphatic carbocycles. The van der Waals surface area contributed by atoms with Gasteiger partial charge in [-0.05, 0) is 55.6 Å². The number of anilines is 2. The van der Waals surface area contributed by atoms with Crippen LogP contribution < -0.4 is 10.1 Å². The molecule has 6 nitrogen and oxygen atoms in total. The van der Waals surface area contributed by atoms with Gasteiger partial charge in [0.25, 0.3) is 0 Å². The van der Waals surface area contributed by atoms with Crippen LogP contribution >= 0.6 is 11.6 Å². The third-order valence-electron chi connectivity index (χ3n) is 5.19. The summed E-state index contributed by atoms with van der Waals surface area (Å²) in [6.07, 6.45) is 3.48. The molecule has 0 saturated carbocycles. The number of halogens is 1. The molecule has 0 unspecified atom stereocenters. The second-order valence-electron chi connectivity index (χ2n) is 7.74. The van der Waals surface area contributed by atoms with Crippen LogP contribution in [-0.4, -0.2) is 53.3 Å². The highest BCUT2D eigenvalue weighted by Gasteiger charge is 2.29. The minimum absolute atomic E-state index is 0.0503. The van der Waals surface area contributed by atoms with Crippen LogP contribution in [-0.2, 0) is 4.74 Å². The molecular formula is C22H25ClN4O2. The number of rotatable bonds is 6. The maximum Gasteiger partial charge on any atom is 0.138 e. The minimum atomic E-state index is -0.0503. The standard InChI is InChI=1S/C22H25ClN4O2/c1-22(2,27-9-11-28-12-10-27)15-29-18-4-5-19-16(13-18)7-8-24-21(19)26-17-3-6-20(23)25-14-17/h3-8,13-14H,9-12,15H2,1-2H3,(H,24,26). The molecule has 4 rings (SSSR count). The Morgan fingerprint density at radius 2 is 1.97 bits per heavy atom. The van der Waals surface area contributed by atoms with Gasteiger partial charge in [0.15, 0.2) is 0 Å². The molecule has 0 bridgehead atoms. The summed E-state index contributed by atoms with van der Waals surface area (Å²) >= 11 is 5.86. The maximum atomic E-state index is 6.16. The van der Waals surface area contributed by atoms with Crippen molar-refractivity contribution < 1.29 is 9.47 Å². The third-order valence-corrected chi connectivity index (χ3v) is 5.41. The molecule has 0 amide bonds. The Hall–Kier alpha value is -2.41. The number of hydrogen-bond donors (Lipinski definition) is 1. The van der Waals surface area contributed by atoms with Crippen molar-refractivity contribution in [2.45, 2.75) is 19.4 Å². The monoisotopic (exact) mass is 412 g/mol. The highest BCUT2D eigenvalue weighted by atomic mass is 35.5. The zero-order valence-corrected chi connectivity index (χ0v) is 17.4. The molecule has 3 aromatic rings. The number of pyridine rings is 2. The van der Waals surface area contributed by atoms with Gasteiger partial charge in [-0.25, -0.2) is 9.97 Å². The summed E-state index contributed by atoms with van der Waals surface area (Å²) in [5.74, 6) is 1.62. The zero-order valence-electron chi connectivity index (χ0n) is 16.7. The molecule has 1 aromatic carbocycles. The van der Waals surface area contributed by atoms with Crippen LogP contribution in [0.25, 0.3) is 10.8 Å². The van der Waals surface area contributed by atoms with Gasteiger partial charge in [-0.1, -0.05) is 11.6 Å². The number of morpholine rings is 1. The lowest BCUT2D eigenvalue weighted by Crippen LogP contribution is -2.53. The summed E-state index contributed by atoms with van der Waals surface area (Å²) in [5, 5.41) is 5.84. The second kappa shape index (κ2) is 8.53. The van der Waals surface area contributed by atoms with Crippen molar-refractivity contribution in [1.82, 2.24) is 14.9 Å². The Morgan fingerprint density at radius 1 is 1.14 bits per heavy atom. The molecule has 2 aromatic heterocycles. The highest BCUT2D eigenvalue weighted by molar-refractivity contribution is 6.29. The van der Waals surface area contributed by atoms with E-state index in [9.17, 15) is 0 Å². The van der Waals surface area contributed by atoms with Crippen LogP contribution in [0.4, 0.5) is 11.5 Å². The summed E-state index contributed by atoms with van der Waals surface area (Å²) in [4.78, 5) is 11.0. The smallest absolute Gasteiger partial charge is 0.138 e. The Bertz CT molecular complexity index is 972. The van der Waals surface area contributed by atoms with E-state index in [0.717, 1.165) is 54.3 Å². The van der Waals surface area contributed by atoms with Crippen LogP contribution in [0.2, 0.25) is 5.15 Å². The first-order valence-corrected chi connectivity index (χ1v) is 10.1. The second-order valence-corrected chi connectivity index (χ2v) is 8.12. The van der Waals surface area contributed by atoms with Crippen molar-refractivity contribution in [2.75, 3.05) is 38.2 Å². The van der Waals surface area contributed by atoms with Crippen LogP contribution in [0.5, 0.6) is 5.75 Å². The predicted octanol–water partition coefficient (Wildman–Crippen LogP) is 4.52. The van der Waals surface area contributed by atoms with E-state index in [-0.39, 0.29) is 5.54 Å². The van der Waals surface area contributed by atoms with Crippen molar-refractivity contribution in [1.29, 1.82) is 0 Å². The SMILES string of the molecule is CC(C)(COc1ccc2c(Nc3ccc(Cl)nc3)nccc2c1)N1CCOCC1. The molecule has 0 spiro atoms. The van der Waals surface area contributed by atoms with Gasteiger partial charge in [-0.2, -0.15) is 0 Å². The molecule has 0 atom stereocenters. The number of ether oxygens (including phenoxy) is 2. The summed E-state index contributed by atoms with van der Waals surface area (Å²) in [5.41, 5.74) is 0.785. The fourth-order valence-corrected chi connectivity index (χ4v) is 3.56. The molecule has 1 fully saturated rings. The van der Waals surface area contributed by atoms with Gasteiger partial charge in [0.05, 0.1) is 25.1 Å². The largest absolute Gasteiger partial charge is 0.492 e. The summed E-state index contributed by atoms with van der Waals surface area (Å²) in [6, 6.07) is 11.7. The number of aromatic nitrogens is 2. The fraction of sp³-hybridized carbons (Fsp3) is 0.364. The molecular weight excluding hydrogens is 388 g/mol. The first-order valence-electron chi connectivity index (χ1n) is 9.74. The minimum Gasteiger partial charge on any atom is -0.492 e. The van der Waals surface area contributed by atoms with Crippen molar-refractivity contribution in [3.8, 4) is 5.75 Å².